The van der Waals surface area contributed by atoms with Crippen LogP contribution >= 0.6 is 0 Å². The first-order valence-electron chi connectivity index (χ1n) is 5.80. The van der Waals surface area contributed by atoms with Crippen LogP contribution in [0.1, 0.15) is 24.5 Å². The van der Waals surface area contributed by atoms with E-state index in [2.05, 4.69) is 18.3 Å². The van der Waals surface area contributed by atoms with E-state index >= 15 is 0 Å². The summed E-state index contributed by atoms with van der Waals surface area (Å²) in [7, 11) is 0. The number of benzene rings is 1. The molecule has 0 spiro atoms. The summed E-state index contributed by atoms with van der Waals surface area (Å²) in [4.78, 5) is 10.4. The Morgan fingerprint density at radius 1 is 1.35 bits per heavy atom. The summed E-state index contributed by atoms with van der Waals surface area (Å²) in [5, 5.41) is 20.9. The molecule has 0 radical (unpaired) electrons. The molecule has 1 aromatic rings. The third kappa shape index (κ3) is 4.97. The molecule has 4 heteroatoms. The van der Waals surface area contributed by atoms with Gasteiger partial charge in [-0.05, 0) is 17.5 Å². The first-order valence-corrected chi connectivity index (χ1v) is 5.80. The van der Waals surface area contributed by atoms with Crippen LogP contribution in [0.5, 0.6) is 0 Å². The predicted octanol–water partition coefficient (Wildman–Crippen LogP) is 1.17. The number of carbonyl (C=O) groups is 1. The number of aliphatic hydroxyl groups excluding tert-OH is 1. The van der Waals surface area contributed by atoms with Crippen molar-refractivity contribution in [2.24, 2.45) is 0 Å². The van der Waals surface area contributed by atoms with Crippen molar-refractivity contribution in [2.45, 2.75) is 32.4 Å². The van der Waals surface area contributed by atoms with Crippen LogP contribution in [0, 0.1) is 0 Å². The summed E-state index contributed by atoms with van der Waals surface area (Å²) < 4.78 is 0. The lowest BCUT2D eigenvalue weighted by Gasteiger charge is -2.11. The number of carboxylic acid groups (broad SMARTS) is 1. The fraction of sp³-hybridized carbons (Fsp3) is 0.462. The second-order valence-corrected chi connectivity index (χ2v) is 4.00. The number of hydrogen-bond donors (Lipinski definition) is 3. The molecule has 0 saturated heterocycles. The molecule has 3 N–H and O–H groups in total. The summed E-state index contributed by atoms with van der Waals surface area (Å²) in [6.45, 7) is 3.04. The molecular weight excluding hydrogens is 218 g/mol. The molecule has 0 aliphatic heterocycles. The Morgan fingerprint density at radius 3 is 2.59 bits per heavy atom. The minimum Gasteiger partial charge on any atom is -0.481 e. The van der Waals surface area contributed by atoms with Crippen molar-refractivity contribution in [3.8, 4) is 0 Å². The third-order valence-electron chi connectivity index (χ3n) is 2.60. The highest BCUT2D eigenvalue weighted by Crippen LogP contribution is 2.08. The lowest BCUT2D eigenvalue weighted by atomic mass is 10.1. The number of rotatable bonds is 7. The number of aliphatic hydroxyl groups is 1. The SMILES string of the molecule is CCc1ccccc1CNCC(O)CC(=O)O. The van der Waals surface area contributed by atoms with Gasteiger partial charge in [0.1, 0.15) is 0 Å². The Balaban J connectivity index is 2.37. The van der Waals surface area contributed by atoms with Crippen LogP contribution in [-0.2, 0) is 17.8 Å². The Kier molecular flexibility index (Phi) is 5.66. The zero-order valence-corrected chi connectivity index (χ0v) is 10.0. The van der Waals surface area contributed by atoms with E-state index in [0.29, 0.717) is 13.1 Å². The fourth-order valence-corrected chi connectivity index (χ4v) is 1.72. The van der Waals surface area contributed by atoms with Crippen LogP contribution in [-0.4, -0.2) is 28.8 Å². The summed E-state index contributed by atoms with van der Waals surface area (Å²) >= 11 is 0. The van der Waals surface area contributed by atoms with Crippen LogP contribution in [0.3, 0.4) is 0 Å². The lowest BCUT2D eigenvalue weighted by Crippen LogP contribution is -2.28. The van der Waals surface area contributed by atoms with Crippen molar-refractivity contribution in [1.82, 2.24) is 5.32 Å². The molecule has 0 amide bonds. The quantitative estimate of drug-likeness (QED) is 0.666. The Morgan fingerprint density at radius 2 is 2.00 bits per heavy atom. The van der Waals surface area contributed by atoms with Gasteiger partial charge < -0.3 is 15.5 Å². The number of nitrogens with one attached hydrogen (secondary N) is 1. The maximum absolute atomic E-state index is 10.4. The standard InChI is InChI=1S/C13H19NO3/c1-2-10-5-3-4-6-11(10)8-14-9-12(15)7-13(16)17/h3-6,12,14-15H,2,7-9H2,1H3,(H,16,17). The van der Waals surface area contributed by atoms with Crippen LogP contribution in [0.2, 0.25) is 0 Å². The van der Waals surface area contributed by atoms with Crippen LogP contribution in [0.15, 0.2) is 24.3 Å². The van der Waals surface area contributed by atoms with Gasteiger partial charge in [-0.15, -0.1) is 0 Å². The van der Waals surface area contributed by atoms with Gasteiger partial charge in [0.15, 0.2) is 0 Å². The molecule has 1 unspecified atom stereocenters. The van der Waals surface area contributed by atoms with E-state index in [4.69, 9.17) is 5.11 Å². The summed E-state index contributed by atoms with van der Waals surface area (Å²) in [5.41, 5.74) is 2.46. The average molecular weight is 237 g/mol. The highest BCUT2D eigenvalue weighted by atomic mass is 16.4. The monoisotopic (exact) mass is 237 g/mol. The van der Waals surface area contributed by atoms with Crippen molar-refractivity contribution in [1.29, 1.82) is 0 Å². The number of aryl methyl sites for hydroxylation is 1. The zero-order valence-electron chi connectivity index (χ0n) is 10.0. The molecule has 0 bridgehead atoms. The minimum atomic E-state index is -0.978. The maximum atomic E-state index is 10.4. The van der Waals surface area contributed by atoms with Crippen molar-refractivity contribution in [3.05, 3.63) is 35.4 Å². The topological polar surface area (TPSA) is 69.6 Å². The molecule has 1 aromatic carbocycles. The van der Waals surface area contributed by atoms with E-state index in [9.17, 15) is 9.90 Å². The number of aliphatic carboxylic acids is 1. The highest BCUT2D eigenvalue weighted by Gasteiger charge is 2.08. The van der Waals surface area contributed by atoms with Crippen LogP contribution < -0.4 is 5.32 Å². The Hall–Kier alpha value is -1.39. The van der Waals surface area contributed by atoms with Crippen molar-refractivity contribution in [3.63, 3.8) is 0 Å². The van der Waals surface area contributed by atoms with Gasteiger partial charge in [0.2, 0.25) is 0 Å². The lowest BCUT2D eigenvalue weighted by molar-refractivity contribution is -0.139. The Bertz CT molecular complexity index is 365. The van der Waals surface area contributed by atoms with E-state index in [1.165, 1.54) is 11.1 Å². The second kappa shape index (κ2) is 7.04. The first kappa shape index (κ1) is 13.7. The zero-order chi connectivity index (χ0) is 12.7. The molecule has 0 aromatic heterocycles. The molecular formula is C13H19NO3. The van der Waals surface area contributed by atoms with Crippen molar-refractivity contribution in [2.75, 3.05) is 6.54 Å². The van der Waals surface area contributed by atoms with Gasteiger partial charge in [0.05, 0.1) is 12.5 Å². The number of hydrogen-bond acceptors (Lipinski definition) is 3. The molecule has 1 rings (SSSR count). The second-order valence-electron chi connectivity index (χ2n) is 4.00. The molecule has 4 nitrogen and oxygen atoms in total. The van der Waals surface area contributed by atoms with Gasteiger partial charge in [-0.1, -0.05) is 31.2 Å². The summed E-state index contributed by atoms with van der Waals surface area (Å²) in [5.74, 6) is -0.978. The molecule has 0 fully saturated rings. The molecule has 0 saturated carbocycles. The van der Waals surface area contributed by atoms with Crippen LogP contribution in [0.25, 0.3) is 0 Å². The minimum absolute atomic E-state index is 0.220. The molecule has 94 valence electrons. The molecule has 17 heavy (non-hydrogen) atoms. The van der Waals surface area contributed by atoms with E-state index < -0.39 is 12.1 Å². The molecule has 0 aliphatic rings. The Labute approximate surface area is 101 Å². The van der Waals surface area contributed by atoms with E-state index in [1.807, 2.05) is 18.2 Å². The van der Waals surface area contributed by atoms with Crippen LogP contribution in [0.4, 0.5) is 0 Å². The smallest absolute Gasteiger partial charge is 0.306 e. The summed E-state index contributed by atoms with van der Waals surface area (Å²) in [6, 6.07) is 8.09. The van der Waals surface area contributed by atoms with Crippen molar-refractivity contribution >= 4 is 5.97 Å². The molecule has 1 atom stereocenters. The fourth-order valence-electron chi connectivity index (χ4n) is 1.72. The van der Waals surface area contributed by atoms with Gasteiger partial charge in [-0.25, -0.2) is 0 Å². The molecule has 0 aliphatic carbocycles. The van der Waals surface area contributed by atoms with E-state index in [1.54, 1.807) is 0 Å². The van der Waals surface area contributed by atoms with Gasteiger partial charge in [0.25, 0.3) is 0 Å². The molecule has 0 heterocycles. The maximum Gasteiger partial charge on any atom is 0.306 e. The number of carboxylic acids is 1. The normalized spacial score (nSPS) is 12.4. The highest BCUT2D eigenvalue weighted by molar-refractivity contribution is 5.67. The van der Waals surface area contributed by atoms with E-state index in [-0.39, 0.29) is 6.42 Å². The predicted molar refractivity (Wildman–Crippen MR) is 65.8 cm³/mol. The van der Waals surface area contributed by atoms with Gasteiger partial charge in [-0.2, -0.15) is 0 Å². The summed E-state index contributed by atoms with van der Waals surface area (Å²) in [6.07, 6.45) is -0.0842. The average Bonchev–Trinajstić information content (AvgIpc) is 2.28. The van der Waals surface area contributed by atoms with Crippen molar-refractivity contribution < 1.29 is 15.0 Å². The first-order chi connectivity index (χ1) is 8.13. The van der Waals surface area contributed by atoms with Gasteiger partial charge in [-0.3, -0.25) is 4.79 Å². The largest absolute Gasteiger partial charge is 0.481 e. The van der Waals surface area contributed by atoms with Gasteiger partial charge in [0, 0.05) is 13.1 Å². The third-order valence-corrected chi connectivity index (χ3v) is 2.60. The van der Waals surface area contributed by atoms with Gasteiger partial charge >= 0.3 is 5.97 Å². The van der Waals surface area contributed by atoms with E-state index in [0.717, 1.165) is 6.42 Å².